The summed E-state index contributed by atoms with van der Waals surface area (Å²) in [6.45, 7) is 2.23. The summed E-state index contributed by atoms with van der Waals surface area (Å²) in [5.74, 6) is 2.05. The van der Waals surface area contributed by atoms with Gasteiger partial charge in [0.25, 0.3) is 0 Å². The Morgan fingerprint density at radius 2 is 2.29 bits per heavy atom. The van der Waals surface area contributed by atoms with Crippen molar-refractivity contribution in [3.8, 4) is 6.07 Å². The van der Waals surface area contributed by atoms with Gasteiger partial charge in [-0.1, -0.05) is 6.92 Å². The van der Waals surface area contributed by atoms with E-state index in [2.05, 4.69) is 23.3 Å². The lowest BCUT2D eigenvalue weighted by Crippen LogP contribution is -1.99. The van der Waals surface area contributed by atoms with E-state index in [1.165, 1.54) is 6.42 Å². The molecule has 14 heavy (non-hydrogen) atoms. The number of anilines is 1. The van der Waals surface area contributed by atoms with E-state index in [0.29, 0.717) is 17.3 Å². The van der Waals surface area contributed by atoms with Crippen LogP contribution in [-0.4, -0.2) is 12.0 Å². The average molecular weight is 187 g/mol. The predicted octanol–water partition coefficient (Wildman–Crippen LogP) is 2.12. The topological polar surface area (TPSA) is 48.7 Å². The molecule has 0 radical (unpaired) electrons. The van der Waals surface area contributed by atoms with Crippen molar-refractivity contribution in [2.24, 2.45) is 5.92 Å². The summed E-state index contributed by atoms with van der Waals surface area (Å²) in [7, 11) is 1.79. The maximum atomic E-state index is 8.82. The van der Waals surface area contributed by atoms with Crippen LogP contribution in [0.25, 0.3) is 0 Å². The fourth-order valence-electron chi connectivity index (χ4n) is 1.70. The predicted molar refractivity (Wildman–Crippen MR) is 55.0 cm³/mol. The smallest absolute Gasteiger partial charge is 0.143 e. The molecule has 0 bridgehead atoms. The van der Waals surface area contributed by atoms with Gasteiger partial charge in [-0.15, -0.1) is 0 Å². The van der Waals surface area contributed by atoms with Crippen LogP contribution in [0.4, 0.5) is 5.82 Å². The lowest BCUT2D eigenvalue weighted by atomic mass is 10.2. The Morgan fingerprint density at radius 3 is 2.79 bits per heavy atom. The maximum Gasteiger partial charge on any atom is 0.143 e. The minimum absolute atomic E-state index is 0.606. The van der Waals surface area contributed by atoms with Gasteiger partial charge in [-0.2, -0.15) is 5.26 Å². The molecule has 3 nitrogen and oxygen atoms in total. The van der Waals surface area contributed by atoms with Gasteiger partial charge in [0, 0.05) is 18.7 Å². The summed E-state index contributed by atoms with van der Waals surface area (Å²) in [5.41, 5.74) is 1.73. The standard InChI is InChI=1S/C11H13N3/c1-7-5-9(7)10-4-3-8(6-12)11(13-2)14-10/h3-4,7,9H,5H2,1-2H3,(H,13,14). The zero-order valence-corrected chi connectivity index (χ0v) is 8.41. The molecule has 0 saturated heterocycles. The van der Waals surface area contributed by atoms with Gasteiger partial charge in [-0.3, -0.25) is 0 Å². The van der Waals surface area contributed by atoms with Crippen molar-refractivity contribution in [2.75, 3.05) is 12.4 Å². The molecule has 2 unspecified atom stereocenters. The number of nitrogens with one attached hydrogen (secondary N) is 1. The molecule has 1 aromatic heterocycles. The Labute approximate surface area is 83.8 Å². The molecule has 0 amide bonds. The Morgan fingerprint density at radius 1 is 1.57 bits per heavy atom. The summed E-state index contributed by atoms with van der Waals surface area (Å²) >= 11 is 0. The Balaban J connectivity index is 2.33. The first kappa shape index (κ1) is 9.01. The highest BCUT2D eigenvalue weighted by Gasteiger charge is 2.35. The van der Waals surface area contributed by atoms with Gasteiger partial charge in [0.05, 0.1) is 5.56 Å². The van der Waals surface area contributed by atoms with Crippen molar-refractivity contribution in [3.63, 3.8) is 0 Å². The first-order valence-electron chi connectivity index (χ1n) is 4.85. The second kappa shape index (κ2) is 3.30. The molecule has 72 valence electrons. The minimum atomic E-state index is 0.606. The largest absolute Gasteiger partial charge is 0.372 e. The van der Waals surface area contributed by atoms with E-state index >= 15 is 0 Å². The summed E-state index contributed by atoms with van der Waals surface area (Å²) in [4.78, 5) is 4.44. The average Bonchev–Trinajstić information content (AvgIpc) is 2.94. The quantitative estimate of drug-likeness (QED) is 0.771. The summed E-state index contributed by atoms with van der Waals surface area (Å²) in [5, 5.41) is 11.8. The van der Waals surface area contributed by atoms with Crippen LogP contribution in [0.5, 0.6) is 0 Å². The Bertz CT molecular complexity index is 392. The van der Waals surface area contributed by atoms with E-state index in [1.54, 1.807) is 7.05 Å². The SMILES string of the molecule is CNc1nc(C2CC2C)ccc1C#N. The van der Waals surface area contributed by atoms with Gasteiger partial charge in [0.15, 0.2) is 0 Å². The number of hydrogen-bond acceptors (Lipinski definition) is 3. The highest BCUT2D eigenvalue weighted by atomic mass is 15.0. The zero-order chi connectivity index (χ0) is 10.1. The minimum Gasteiger partial charge on any atom is -0.372 e. The summed E-state index contributed by atoms with van der Waals surface area (Å²) in [6.07, 6.45) is 1.22. The number of nitriles is 1. The first-order chi connectivity index (χ1) is 6.76. The lowest BCUT2D eigenvalue weighted by Gasteiger charge is -2.04. The molecule has 2 atom stereocenters. The Hall–Kier alpha value is -1.56. The second-order valence-electron chi connectivity index (χ2n) is 3.81. The van der Waals surface area contributed by atoms with Gasteiger partial charge in [0.1, 0.15) is 11.9 Å². The normalized spacial score (nSPS) is 24.1. The van der Waals surface area contributed by atoms with Crippen molar-refractivity contribution in [3.05, 3.63) is 23.4 Å². The number of nitrogens with zero attached hydrogens (tertiary/aromatic N) is 2. The molecular formula is C11H13N3. The first-order valence-corrected chi connectivity index (χ1v) is 4.85. The third-order valence-electron chi connectivity index (χ3n) is 2.76. The maximum absolute atomic E-state index is 8.82. The van der Waals surface area contributed by atoms with E-state index in [0.717, 1.165) is 11.6 Å². The van der Waals surface area contributed by atoms with Gasteiger partial charge >= 0.3 is 0 Å². The number of rotatable bonds is 2. The molecular weight excluding hydrogens is 174 g/mol. The van der Waals surface area contributed by atoms with Crippen LogP contribution < -0.4 is 5.32 Å². The van der Waals surface area contributed by atoms with E-state index in [-0.39, 0.29) is 0 Å². The van der Waals surface area contributed by atoms with Gasteiger partial charge in [-0.25, -0.2) is 4.98 Å². The monoisotopic (exact) mass is 187 g/mol. The summed E-state index contributed by atoms with van der Waals surface area (Å²) < 4.78 is 0. The third-order valence-corrected chi connectivity index (χ3v) is 2.76. The van der Waals surface area contributed by atoms with Crippen LogP contribution in [0.1, 0.15) is 30.5 Å². The van der Waals surface area contributed by atoms with Crippen molar-refractivity contribution in [2.45, 2.75) is 19.3 Å². The van der Waals surface area contributed by atoms with Crippen LogP contribution in [0.3, 0.4) is 0 Å². The lowest BCUT2D eigenvalue weighted by molar-refractivity contribution is 0.885. The van der Waals surface area contributed by atoms with E-state index in [4.69, 9.17) is 5.26 Å². The van der Waals surface area contributed by atoms with E-state index in [9.17, 15) is 0 Å². The molecule has 2 rings (SSSR count). The molecule has 3 heteroatoms. The van der Waals surface area contributed by atoms with Crippen LogP contribution in [0.2, 0.25) is 0 Å². The van der Waals surface area contributed by atoms with Gasteiger partial charge in [0.2, 0.25) is 0 Å². The highest BCUT2D eigenvalue weighted by Crippen LogP contribution is 2.46. The van der Waals surface area contributed by atoms with Crippen molar-refractivity contribution in [1.82, 2.24) is 4.98 Å². The molecule has 1 aliphatic carbocycles. The van der Waals surface area contributed by atoms with Crippen molar-refractivity contribution in [1.29, 1.82) is 5.26 Å². The fourth-order valence-corrected chi connectivity index (χ4v) is 1.70. The van der Waals surface area contributed by atoms with E-state index < -0.39 is 0 Å². The fraction of sp³-hybridized carbons (Fsp3) is 0.455. The van der Waals surface area contributed by atoms with Crippen LogP contribution in [-0.2, 0) is 0 Å². The molecule has 1 fully saturated rings. The summed E-state index contributed by atoms with van der Waals surface area (Å²) in [6, 6.07) is 5.93. The van der Waals surface area contributed by atoms with Crippen molar-refractivity contribution < 1.29 is 0 Å². The highest BCUT2D eigenvalue weighted by molar-refractivity contribution is 5.52. The number of hydrogen-bond donors (Lipinski definition) is 1. The molecule has 0 aromatic carbocycles. The molecule has 1 saturated carbocycles. The molecule has 0 spiro atoms. The second-order valence-corrected chi connectivity index (χ2v) is 3.81. The van der Waals surface area contributed by atoms with Gasteiger partial charge in [-0.05, 0) is 24.5 Å². The number of aromatic nitrogens is 1. The number of pyridine rings is 1. The van der Waals surface area contributed by atoms with Crippen molar-refractivity contribution >= 4 is 5.82 Å². The van der Waals surface area contributed by atoms with Crippen LogP contribution >= 0.6 is 0 Å². The molecule has 1 N–H and O–H groups in total. The third kappa shape index (κ3) is 1.44. The van der Waals surface area contributed by atoms with E-state index in [1.807, 2.05) is 12.1 Å². The molecule has 1 aromatic rings. The van der Waals surface area contributed by atoms with Gasteiger partial charge < -0.3 is 5.32 Å². The molecule has 0 aliphatic heterocycles. The molecule has 1 aliphatic rings. The van der Waals surface area contributed by atoms with Crippen LogP contribution in [0, 0.1) is 17.2 Å². The Kier molecular flexibility index (Phi) is 2.12. The zero-order valence-electron chi connectivity index (χ0n) is 8.41. The molecule has 1 heterocycles. The van der Waals surface area contributed by atoms with Crippen LogP contribution in [0.15, 0.2) is 12.1 Å².